The molecule has 7 heteroatoms. The highest BCUT2D eigenvalue weighted by molar-refractivity contribution is 8.00. The van der Waals surface area contributed by atoms with Crippen LogP contribution in [0.4, 0.5) is 8.78 Å². The van der Waals surface area contributed by atoms with Crippen molar-refractivity contribution in [2.75, 3.05) is 18.8 Å². The molecule has 0 radical (unpaired) electrons. The van der Waals surface area contributed by atoms with E-state index in [1.165, 1.54) is 24.7 Å². The van der Waals surface area contributed by atoms with Crippen LogP contribution in [0, 0.1) is 0 Å². The number of nitrogens with one attached hydrogen (secondary N) is 2. The number of ether oxygens (including phenoxy) is 1. The van der Waals surface area contributed by atoms with Crippen LogP contribution < -0.4 is 15.4 Å². The van der Waals surface area contributed by atoms with Crippen LogP contribution in [0.2, 0.25) is 0 Å². The van der Waals surface area contributed by atoms with Crippen LogP contribution in [-0.2, 0) is 6.54 Å². The van der Waals surface area contributed by atoms with Crippen molar-refractivity contribution >= 4 is 17.7 Å². The predicted octanol–water partition coefficient (Wildman–Crippen LogP) is 3.24. The highest BCUT2D eigenvalue weighted by Crippen LogP contribution is 2.25. The molecule has 0 spiro atoms. The van der Waals surface area contributed by atoms with Gasteiger partial charge in [-0.2, -0.15) is 20.5 Å². The van der Waals surface area contributed by atoms with Crippen molar-refractivity contribution in [3.63, 3.8) is 0 Å². The van der Waals surface area contributed by atoms with E-state index in [-0.39, 0.29) is 5.75 Å². The summed E-state index contributed by atoms with van der Waals surface area (Å²) in [4.78, 5) is 4.51. The maximum atomic E-state index is 12.2. The third kappa shape index (κ3) is 6.64. The van der Waals surface area contributed by atoms with Crippen molar-refractivity contribution in [1.29, 1.82) is 0 Å². The molecule has 0 aromatic heterocycles. The molecular weight excluding hydrogens is 320 g/mol. The largest absolute Gasteiger partial charge is 0.435 e. The number of guanidine groups is 1. The number of rotatable bonds is 7. The Bertz CT molecular complexity index is 508. The number of hydrogen-bond donors (Lipinski definition) is 2. The standard InChI is InChI=1S/C16H23F2N3OS/c1-2-19-16(21-11-14-7-4-8-23-14)20-10-12-5-3-6-13(9-12)22-15(17)18/h3,5-6,9,14-15H,2,4,7-8,10-11H2,1H3,(H2,19,20,21). The third-order valence-electron chi connectivity index (χ3n) is 3.41. The van der Waals surface area contributed by atoms with Gasteiger partial charge in [0.05, 0.1) is 6.54 Å². The van der Waals surface area contributed by atoms with Crippen molar-refractivity contribution < 1.29 is 13.5 Å². The number of aliphatic imine (C=N–C) groups is 1. The molecule has 1 atom stereocenters. The van der Waals surface area contributed by atoms with Gasteiger partial charge in [0.1, 0.15) is 5.75 Å². The van der Waals surface area contributed by atoms with Gasteiger partial charge in [-0.25, -0.2) is 4.99 Å². The van der Waals surface area contributed by atoms with Crippen molar-refractivity contribution in [2.24, 2.45) is 4.99 Å². The van der Waals surface area contributed by atoms with E-state index in [4.69, 9.17) is 0 Å². The zero-order chi connectivity index (χ0) is 16.5. The van der Waals surface area contributed by atoms with Gasteiger partial charge in [0.25, 0.3) is 0 Å². The van der Waals surface area contributed by atoms with E-state index in [0.717, 1.165) is 24.6 Å². The van der Waals surface area contributed by atoms with Crippen LogP contribution in [0.25, 0.3) is 0 Å². The van der Waals surface area contributed by atoms with Crippen LogP contribution >= 0.6 is 11.8 Å². The summed E-state index contributed by atoms with van der Waals surface area (Å²) in [7, 11) is 0. The first-order valence-corrected chi connectivity index (χ1v) is 8.89. The van der Waals surface area contributed by atoms with Gasteiger partial charge in [-0.1, -0.05) is 12.1 Å². The van der Waals surface area contributed by atoms with E-state index in [1.807, 2.05) is 24.8 Å². The second-order valence-electron chi connectivity index (χ2n) is 5.24. The minimum Gasteiger partial charge on any atom is -0.435 e. The fraction of sp³-hybridized carbons (Fsp3) is 0.562. The molecule has 1 saturated heterocycles. The minimum atomic E-state index is -2.81. The van der Waals surface area contributed by atoms with Gasteiger partial charge < -0.3 is 15.4 Å². The lowest BCUT2D eigenvalue weighted by atomic mass is 10.2. The van der Waals surface area contributed by atoms with Gasteiger partial charge in [0.15, 0.2) is 5.96 Å². The van der Waals surface area contributed by atoms with Gasteiger partial charge in [-0.05, 0) is 43.2 Å². The molecule has 1 heterocycles. The number of alkyl halides is 2. The average molecular weight is 343 g/mol. The number of halogens is 2. The smallest absolute Gasteiger partial charge is 0.387 e. The molecule has 23 heavy (non-hydrogen) atoms. The fourth-order valence-electron chi connectivity index (χ4n) is 2.35. The van der Waals surface area contributed by atoms with Gasteiger partial charge in [-0.3, -0.25) is 0 Å². The summed E-state index contributed by atoms with van der Waals surface area (Å²) in [6.07, 6.45) is 2.52. The third-order valence-corrected chi connectivity index (χ3v) is 4.81. The summed E-state index contributed by atoms with van der Waals surface area (Å²) >= 11 is 1.99. The highest BCUT2D eigenvalue weighted by atomic mass is 32.2. The lowest BCUT2D eigenvalue weighted by Gasteiger charge is -2.14. The zero-order valence-corrected chi connectivity index (χ0v) is 14.0. The summed E-state index contributed by atoms with van der Waals surface area (Å²) in [5.74, 6) is 2.14. The topological polar surface area (TPSA) is 45.7 Å². The Kier molecular flexibility index (Phi) is 7.45. The van der Waals surface area contributed by atoms with E-state index in [9.17, 15) is 8.78 Å². The van der Waals surface area contributed by atoms with Crippen LogP contribution in [0.15, 0.2) is 29.3 Å². The van der Waals surface area contributed by atoms with E-state index < -0.39 is 6.61 Å². The molecule has 0 amide bonds. The molecule has 2 N–H and O–H groups in total. The Balaban J connectivity index is 1.90. The van der Waals surface area contributed by atoms with Crippen molar-refractivity contribution in [3.8, 4) is 5.75 Å². The molecule has 1 unspecified atom stereocenters. The zero-order valence-electron chi connectivity index (χ0n) is 13.2. The van der Waals surface area contributed by atoms with Gasteiger partial charge in [0, 0.05) is 18.3 Å². The first-order valence-electron chi connectivity index (χ1n) is 7.85. The molecule has 0 aliphatic carbocycles. The van der Waals surface area contributed by atoms with E-state index in [1.54, 1.807) is 12.1 Å². The van der Waals surface area contributed by atoms with Gasteiger partial charge in [-0.15, -0.1) is 0 Å². The Morgan fingerprint density at radius 3 is 3.00 bits per heavy atom. The molecule has 128 valence electrons. The quantitative estimate of drug-likeness (QED) is 0.589. The van der Waals surface area contributed by atoms with Crippen molar-refractivity contribution in [2.45, 2.75) is 38.2 Å². The Labute approximate surface area is 140 Å². The predicted molar refractivity (Wildman–Crippen MR) is 91.4 cm³/mol. The molecular formula is C16H23F2N3OS. The summed E-state index contributed by atoms with van der Waals surface area (Å²) in [6, 6.07) is 6.64. The molecule has 1 fully saturated rings. The highest BCUT2D eigenvalue weighted by Gasteiger charge is 2.15. The summed E-state index contributed by atoms with van der Waals surface area (Å²) < 4.78 is 28.9. The average Bonchev–Trinajstić information content (AvgIpc) is 3.03. The molecule has 1 aromatic rings. The second-order valence-corrected chi connectivity index (χ2v) is 6.65. The second kappa shape index (κ2) is 9.60. The van der Waals surface area contributed by atoms with E-state index in [0.29, 0.717) is 11.8 Å². The van der Waals surface area contributed by atoms with Crippen LogP contribution in [0.3, 0.4) is 0 Å². The summed E-state index contributed by atoms with van der Waals surface area (Å²) in [5, 5.41) is 7.19. The van der Waals surface area contributed by atoms with Crippen LogP contribution in [0.1, 0.15) is 25.3 Å². The van der Waals surface area contributed by atoms with Crippen molar-refractivity contribution in [3.05, 3.63) is 29.8 Å². The Hall–Kier alpha value is -1.50. The Morgan fingerprint density at radius 2 is 2.30 bits per heavy atom. The first kappa shape index (κ1) is 17.8. The maximum Gasteiger partial charge on any atom is 0.387 e. The van der Waals surface area contributed by atoms with Crippen LogP contribution in [0.5, 0.6) is 5.75 Å². The molecule has 1 aromatic carbocycles. The summed E-state index contributed by atoms with van der Waals surface area (Å²) in [6.45, 7) is 1.28. The lowest BCUT2D eigenvalue weighted by molar-refractivity contribution is -0.0498. The first-order chi connectivity index (χ1) is 11.2. The maximum absolute atomic E-state index is 12.2. The van der Waals surface area contributed by atoms with Crippen LogP contribution in [-0.4, -0.2) is 36.7 Å². The molecule has 2 rings (SSSR count). The minimum absolute atomic E-state index is 0.160. The lowest BCUT2D eigenvalue weighted by Crippen LogP contribution is -2.40. The molecule has 4 nitrogen and oxygen atoms in total. The number of benzene rings is 1. The summed E-state index contributed by atoms with van der Waals surface area (Å²) in [5.41, 5.74) is 0.829. The van der Waals surface area contributed by atoms with Gasteiger partial charge in [0.2, 0.25) is 0 Å². The molecule has 1 aliphatic heterocycles. The number of nitrogens with zero attached hydrogens (tertiary/aromatic N) is 1. The fourth-order valence-corrected chi connectivity index (χ4v) is 3.55. The SMILES string of the molecule is CCNC(=NCc1cccc(OC(F)F)c1)NCC1CCCS1. The van der Waals surface area contributed by atoms with E-state index in [2.05, 4.69) is 20.4 Å². The normalized spacial score (nSPS) is 18.3. The number of thioether (sulfide) groups is 1. The molecule has 1 aliphatic rings. The Morgan fingerprint density at radius 1 is 1.43 bits per heavy atom. The van der Waals surface area contributed by atoms with E-state index >= 15 is 0 Å². The monoisotopic (exact) mass is 343 g/mol. The van der Waals surface area contributed by atoms with Gasteiger partial charge >= 0.3 is 6.61 Å². The molecule has 0 bridgehead atoms. The number of hydrogen-bond acceptors (Lipinski definition) is 3. The van der Waals surface area contributed by atoms with Crippen molar-refractivity contribution in [1.82, 2.24) is 10.6 Å². The molecule has 0 saturated carbocycles.